The van der Waals surface area contributed by atoms with Gasteiger partial charge in [-0.15, -0.1) is 0 Å². The molecule has 1 aromatic heterocycles. The van der Waals surface area contributed by atoms with Crippen molar-refractivity contribution in [2.24, 2.45) is 0 Å². The zero-order valence-electron chi connectivity index (χ0n) is 48.1. The number of aryl methyl sites for hydroxylation is 4. The molecule has 0 fully saturated rings. The molecule has 9 aromatic rings. The van der Waals surface area contributed by atoms with E-state index in [0.717, 1.165) is 0 Å². The Morgan fingerprint density at radius 2 is 0.933 bits per heavy atom. The highest BCUT2D eigenvalue weighted by atomic mass is 15.2. The molecule has 75 heavy (non-hydrogen) atoms. The summed E-state index contributed by atoms with van der Waals surface area (Å²) in [5, 5.41) is 2.59. The zero-order valence-corrected chi connectivity index (χ0v) is 48.1. The van der Waals surface area contributed by atoms with E-state index in [1.54, 1.807) is 0 Å². The van der Waals surface area contributed by atoms with Crippen molar-refractivity contribution in [1.82, 2.24) is 4.57 Å². The van der Waals surface area contributed by atoms with E-state index in [9.17, 15) is 0 Å². The number of rotatable bonds is 3. The second-order valence-electron chi connectivity index (χ2n) is 27.4. The van der Waals surface area contributed by atoms with E-state index in [4.69, 9.17) is 0 Å². The third-order valence-corrected chi connectivity index (χ3v) is 17.6. The normalized spacial score (nSPS) is 14.8. The van der Waals surface area contributed by atoms with Crippen LogP contribution in [0.5, 0.6) is 0 Å². The van der Waals surface area contributed by atoms with E-state index in [-0.39, 0.29) is 33.8 Å². The Hall–Kier alpha value is -6.78. The summed E-state index contributed by atoms with van der Waals surface area (Å²) in [5.41, 5.74) is 30.8. The first-order valence-electron chi connectivity index (χ1n) is 27.6. The van der Waals surface area contributed by atoms with Crippen molar-refractivity contribution in [2.45, 2.75) is 152 Å². The zero-order chi connectivity index (χ0) is 53.4. The fourth-order valence-corrected chi connectivity index (χ4v) is 13.4. The quantitative estimate of drug-likeness (QED) is 0.163. The van der Waals surface area contributed by atoms with Crippen LogP contribution in [0.4, 0.5) is 34.1 Å². The number of fused-ring (bicyclic) bond motifs is 10. The predicted octanol–water partition coefficient (Wildman–Crippen LogP) is 17.6. The van der Waals surface area contributed by atoms with Crippen LogP contribution in [0.1, 0.15) is 153 Å². The van der Waals surface area contributed by atoms with Gasteiger partial charge in [-0.25, -0.2) is 0 Å². The fourth-order valence-electron chi connectivity index (χ4n) is 13.4. The second kappa shape index (κ2) is 16.1. The van der Waals surface area contributed by atoms with Gasteiger partial charge in [0.25, 0.3) is 6.71 Å². The number of benzene rings is 8. The average molecular weight is 982 g/mol. The van der Waals surface area contributed by atoms with Crippen LogP contribution in [-0.2, 0) is 27.1 Å². The second-order valence-corrected chi connectivity index (χ2v) is 27.4. The van der Waals surface area contributed by atoms with Crippen molar-refractivity contribution in [3.63, 3.8) is 0 Å². The highest BCUT2D eigenvalue weighted by Crippen LogP contribution is 2.53. The number of aromatic nitrogens is 1. The van der Waals surface area contributed by atoms with E-state index in [2.05, 4.69) is 272 Å². The SMILES string of the molecule is Cc1cc(C(C)(C)C)cc(C)c1N1c2ccc(C(C)(C)C)cc2B2c3cc4c5cc(C(C)(C)C)ccc5n(-c5c(C)cccc5C)c4cc3N(c3ccc4c(c3)C(C)(C)c3ccccc3-4)c3cc(C(C)(C)C)cc1c32. The summed E-state index contributed by atoms with van der Waals surface area (Å²) >= 11 is 0. The lowest BCUT2D eigenvalue weighted by Crippen LogP contribution is -2.61. The Morgan fingerprint density at radius 1 is 0.387 bits per heavy atom. The number of anilines is 6. The van der Waals surface area contributed by atoms with Gasteiger partial charge in [-0.2, -0.15) is 0 Å². The topological polar surface area (TPSA) is 11.4 Å². The summed E-state index contributed by atoms with van der Waals surface area (Å²) in [6.45, 7) is 42.3. The van der Waals surface area contributed by atoms with Crippen LogP contribution >= 0.6 is 0 Å². The molecule has 12 rings (SSSR count). The Labute approximate surface area is 448 Å². The van der Waals surface area contributed by atoms with Crippen molar-refractivity contribution >= 4 is 79.0 Å². The Morgan fingerprint density at radius 3 is 1.57 bits per heavy atom. The van der Waals surface area contributed by atoms with Crippen LogP contribution in [0.25, 0.3) is 38.6 Å². The molecule has 0 amide bonds. The summed E-state index contributed by atoms with van der Waals surface area (Å²) in [7, 11) is 0. The molecule has 378 valence electrons. The number of nitrogens with zero attached hydrogens (tertiary/aromatic N) is 3. The summed E-state index contributed by atoms with van der Waals surface area (Å²) < 4.78 is 2.59. The molecule has 3 nitrogen and oxygen atoms in total. The van der Waals surface area contributed by atoms with Crippen LogP contribution in [0.3, 0.4) is 0 Å². The van der Waals surface area contributed by atoms with Crippen LogP contribution < -0.4 is 26.2 Å². The minimum Gasteiger partial charge on any atom is -0.311 e. The molecular formula is C71H76BN3. The number of para-hydroxylation sites is 1. The molecule has 0 N–H and O–H groups in total. The molecule has 3 heterocycles. The molecule has 2 aliphatic heterocycles. The monoisotopic (exact) mass is 982 g/mol. The molecular weight excluding hydrogens is 906 g/mol. The Balaban J connectivity index is 1.27. The largest absolute Gasteiger partial charge is 0.311 e. The van der Waals surface area contributed by atoms with Gasteiger partial charge in [0.2, 0.25) is 0 Å². The van der Waals surface area contributed by atoms with Gasteiger partial charge in [0, 0.05) is 44.6 Å². The minimum atomic E-state index is -0.174. The summed E-state index contributed by atoms with van der Waals surface area (Å²) in [6, 6.07) is 53.2. The maximum atomic E-state index is 2.69. The molecule has 1 aliphatic carbocycles. The van der Waals surface area contributed by atoms with Crippen LogP contribution in [0, 0.1) is 27.7 Å². The van der Waals surface area contributed by atoms with E-state index in [0.29, 0.717) is 0 Å². The number of hydrogen-bond donors (Lipinski definition) is 0. The average Bonchev–Trinajstić information content (AvgIpc) is 3.77. The highest BCUT2D eigenvalue weighted by Gasteiger charge is 2.46. The van der Waals surface area contributed by atoms with Gasteiger partial charge < -0.3 is 14.4 Å². The standard InChI is InChI=1S/C71H76BN3/c1-41-22-21-23-42(2)65(41)74-58-30-26-45(67(5,6)7)34-52(58)53-39-57-61(40-60(53)74)73(49-28-29-51-50-24-19-20-25-54(50)71(17,18)55(51)38-49)62-36-48(70(14,15)16)37-63-64(62)72(57)56-35-46(68(8,9)10)27-31-59(56)75(63)66-43(3)32-47(33-44(66)4)69(11,12)13/h19-40H,1-18H3. The molecule has 4 heteroatoms. The summed E-state index contributed by atoms with van der Waals surface area (Å²) in [4.78, 5) is 5.36. The first kappa shape index (κ1) is 49.1. The molecule has 0 spiro atoms. The molecule has 0 atom stereocenters. The van der Waals surface area contributed by atoms with E-state index >= 15 is 0 Å². The maximum Gasteiger partial charge on any atom is 0.252 e. The van der Waals surface area contributed by atoms with Crippen molar-refractivity contribution in [3.8, 4) is 16.8 Å². The third-order valence-electron chi connectivity index (χ3n) is 17.6. The van der Waals surface area contributed by atoms with Gasteiger partial charge in [-0.1, -0.05) is 182 Å². The maximum absolute atomic E-state index is 2.69. The van der Waals surface area contributed by atoms with Crippen molar-refractivity contribution in [3.05, 3.63) is 189 Å². The van der Waals surface area contributed by atoms with Gasteiger partial charge in [-0.05, 0) is 181 Å². The van der Waals surface area contributed by atoms with E-state index in [1.165, 1.54) is 145 Å². The molecule has 3 aliphatic rings. The van der Waals surface area contributed by atoms with Gasteiger partial charge in [0.15, 0.2) is 0 Å². The first-order chi connectivity index (χ1) is 35.1. The summed E-state index contributed by atoms with van der Waals surface area (Å²) in [6.07, 6.45) is 0. The lowest BCUT2D eigenvalue weighted by atomic mass is 9.33. The molecule has 0 saturated carbocycles. The lowest BCUT2D eigenvalue weighted by molar-refractivity contribution is 0.589. The van der Waals surface area contributed by atoms with E-state index in [1.807, 2.05) is 0 Å². The predicted molar refractivity (Wildman–Crippen MR) is 326 cm³/mol. The molecule has 8 aromatic carbocycles. The lowest BCUT2D eigenvalue weighted by Gasteiger charge is -2.46. The highest BCUT2D eigenvalue weighted by molar-refractivity contribution is 7.00. The molecule has 0 unspecified atom stereocenters. The van der Waals surface area contributed by atoms with Gasteiger partial charge >= 0.3 is 0 Å². The van der Waals surface area contributed by atoms with Crippen molar-refractivity contribution in [1.29, 1.82) is 0 Å². The van der Waals surface area contributed by atoms with Crippen LogP contribution in [0.2, 0.25) is 0 Å². The Kier molecular flexibility index (Phi) is 10.6. The minimum absolute atomic E-state index is 0.0158. The molecule has 0 bridgehead atoms. The van der Waals surface area contributed by atoms with Gasteiger partial charge in [0.1, 0.15) is 0 Å². The third kappa shape index (κ3) is 7.35. The number of hydrogen-bond acceptors (Lipinski definition) is 2. The smallest absolute Gasteiger partial charge is 0.252 e. The van der Waals surface area contributed by atoms with Gasteiger partial charge in [0.05, 0.1) is 22.4 Å². The Bertz CT molecular complexity index is 3860. The van der Waals surface area contributed by atoms with Crippen molar-refractivity contribution < 1.29 is 0 Å². The van der Waals surface area contributed by atoms with Crippen LogP contribution in [0.15, 0.2) is 133 Å². The summed E-state index contributed by atoms with van der Waals surface area (Å²) in [5.74, 6) is 0. The first-order valence-corrected chi connectivity index (χ1v) is 27.6. The molecule has 0 radical (unpaired) electrons. The van der Waals surface area contributed by atoms with Crippen LogP contribution in [-0.4, -0.2) is 11.3 Å². The molecule has 0 saturated heterocycles. The fraction of sp³-hybridized carbons (Fsp3) is 0.324. The van der Waals surface area contributed by atoms with Crippen molar-refractivity contribution in [2.75, 3.05) is 9.80 Å². The van der Waals surface area contributed by atoms with E-state index < -0.39 is 0 Å². The van der Waals surface area contributed by atoms with Gasteiger partial charge in [-0.3, -0.25) is 0 Å².